The molecule has 0 saturated heterocycles. The summed E-state index contributed by atoms with van der Waals surface area (Å²) in [7, 11) is 5.02. The van der Waals surface area contributed by atoms with Gasteiger partial charge in [0.2, 0.25) is 5.91 Å². The third-order valence-corrected chi connectivity index (χ3v) is 2.15. The van der Waals surface area contributed by atoms with Gasteiger partial charge < -0.3 is 15.4 Å². The smallest absolute Gasteiger partial charge is 0.226 e. The molecule has 0 saturated carbocycles. The van der Waals surface area contributed by atoms with Crippen LogP contribution in [-0.4, -0.2) is 32.0 Å². The highest BCUT2D eigenvalue weighted by molar-refractivity contribution is 5.79. The second-order valence-electron chi connectivity index (χ2n) is 3.54. The second kappa shape index (κ2) is 4.68. The highest BCUT2D eigenvalue weighted by Gasteiger charge is 2.10. The van der Waals surface area contributed by atoms with E-state index >= 15 is 0 Å². The quantitative estimate of drug-likeness (QED) is 0.751. The first kappa shape index (κ1) is 11.4. The number of carbonyl (C=O) groups excluding carboxylic acids is 1. The molecule has 82 valence electrons. The molecule has 0 spiro atoms. The Kier molecular flexibility index (Phi) is 3.55. The van der Waals surface area contributed by atoms with Gasteiger partial charge in [0.25, 0.3) is 0 Å². The van der Waals surface area contributed by atoms with Crippen molar-refractivity contribution >= 4 is 11.6 Å². The fourth-order valence-electron chi connectivity index (χ4n) is 1.23. The number of likely N-dealkylation sites (N-methyl/N-ethyl adjacent to an activating group) is 1. The van der Waals surface area contributed by atoms with E-state index in [9.17, 15) is 4.79 Å². The molecule has 4 heteroatoms. The molecule has 1 amide bonds. The number of amides is 1. The number of nitrogen functional groups attached to an aromatic ring is 1. The molecule has 0 heterocycles. The molecule has 1 aromatic rings. The molecule has 0 bridgehead atoms. The molecule has 0 unspecified atom stereocenters. The Morgan fingerprint density at radius 3 is 2.67 bits per heavy atom. The lowest BCUT2D eigenvalue weighted by Crippen LogP contribution is -2.23. The average Bonchev–Trinajstić information content (AvgIpc) is 2.20. The molecular formula is C11H16N2O2. The van der Waals surface area contributed by atoms with Crippen LogP contribution in [0.15, 0.2) is 18.2 Å². The third-order valence-electron chi connectivity index (χ3n) is 2.15. The zero-order valence-corrected chi connectivity index (χ0v) is 9.28. The molecule has 0 aliphatic heterocycles. The van der Waals surface area contributed by atoms with Gasteiger partial charge in [-0.1, -0.05) is 6.07 Å². The molecule has 0 aromatic heterocycles. The largest absolute Gasteiger partial charge is 0.496 e. The summed E-state index contributed by atoms with van der Waals surface area (Å²) < 4.78 is 5.16. The Balaban J connectivity index is 2.89. The topological polar surface area (TPSA) is 55.6 Å². The van der Waals surface area contributed by atoms with Crippen LogP contribution in [0.3, 0.4) is 0 Å². The molecule has 1 rings (SSSR count). The Morgan fingerprint density at radius 1 is 1.47 bits per heavy atom. The molecule has 1 aromatic carbocycles. The second-order valence-corrected chi connectivity index (χ2v) is 3.54. The maximum atomic E-state index is 11.5. The number of ether oxygens (including phenoxy) is 1. The Bertz CT molecular complexity index is 362. The molecule has 0 aliphatic rings. The number of nitrogens with two attached hydrogens (primary N) is 1. The summed E-state index contributed by atoms with van der Waals surface area (Å²) in [6.45, 7) is 0. The maximum absolute atomic E-state index is 11.5. The normalized spacial score (nSPS) is 9.80. The van der Waals surface area contributed by atoms with Gasteiger partial charge in [-0.05, 0) is 6.07 Å². The SMILES string of the molecule is COc1cc(N)ccc1CC(=O)N(C)C. The minimum Gasteiger partial charge on any atom is -0.496 e. The van der Waals surface area contributed by atoms with Crippen LogP contribution >= 0.6 is 0 Å². The first-order valence-corrected chi connectivity index (χ1v) is 4.67. The van der Waals surface area contributed by atoms with Crippen LogP contribution in [0.2, 0.25) is 0 Å². The average molecular weight is 208 g/mol. The number of hydrogen-bond donors (Lipinski definition) is 1. The molecule has 0 radical (unpaired) electrons. The number of hydrogen-bond acceptors (Lipinski definition) is 3. The predicted molar refractivity (Wildman–Crippen MR) is 59.8 cm³/mol. The highest BCUT2D eigenvalue weighted by atomic mass is 16.5. The molecule has 0 aliphatic carbocycles. The van der Waals surface area contributed by atoms with Crippen LogP contribution in [0.25, 0.3) is 0 Å². The van der Waals surface area contributed by atoms with E-state index in [1.165, 1.54) is 0 Å². The number of rotatable bonds is 3. The standard InChI is InChI=1S/C11H16N2O2/c1-13(2)11(14)6-8-4-5-9(12)7-10(8)15-3/h4-5,7H,6,12H2,1-3H3. The van der Waals surface area contributed by atoms with Crippen molar-refractivity contribution in [2.45, 2.75) is 6.42 Å². The zero-order valence-electron chi connectivity index (χ0n) is 9.28. The molecule has 4 nitrogen and oxygen atoms in total. The van der Waals surface area contributed by atoms with Crippen LogP contribution in [0.4, 0.5) is 5.69 Å². The van der Waals surface area contributed by atoms with Gasteiger partial charge in [-0.2, -0.15) is 0 Å². The summed E-state index contributed by atoms with van der Waals surface area (Å²) in [5, 5.41) is 0. The van der Waals surface area contributed by atoms with Crippen molar-refractivity contribution in [1.29, 1.82) is 0 Å². The summed E-state index contributed by atoms with van der Waals surface area (Å²) in [6.07, 6.45) is 0.330. The van der Waals surface area contributed by atoms with Crippen LogP contribution in [0.5, 0.6) is 5.75 Å². The fraction of sp³-hybridized carbons (Fsp3) is 0.364. The van der Waals surface area contributed by atoms with Gasteiger partial charge in [0.1, 0.15) is 5.75 Å². The fourth-order valence-corrected chi connectivity index (χ4v) is 1.23. The monoisotopic (exact) mass is 208 g/mol. The lowest BCUT2D eigenvalue weighted by atomic mass is 10.1. The number of anilines is 1. The van der Waals surface area contributed by atoms with Crippen molar-refractivity contribution in [3.63, 3.8) is 0 Å². The van der Waals surface area contributed by atoms with Crippen molar-refractivity contribution in [3.05, 3.63) is 23.8 Å². The van der Waals surface area contributed by atoms with Crippen molar-refractivity contribution in [2.24, 2.45) is 0 Å². The molecule has 0 fully saturated rings. The summed E-state index contributed by atoms with van der Waals surface area (Å²) in [6, 6.07) is 5.30. The van der Waals surface area contributed by atoms with Crippen molar-refractivity contribution in [2.75, 3.05) is 26.9 Å². The van der Waals surface area contributed by atoms with Gasteiger partial charge in [0.15, 0.2) is 0 Å². The Labute approximate surface area is 89.6 Å². The Hall–Kier alpha value is -1.71. The Morgan fingerprint density at radius 2 is 2.13 bits per heavy atom. The van der Waals surface area contributed by atoms with E-state index < -0.39 is 0 Å². The summed E-state index contributed by atoms with van der Waals surface area (Å²) in [5.41, 5.74) is 7.10. The minimum atomic E-state index is 0.0399. The van der Waals surface area contributed by atoms with Crippen LogP contribution < -0.4 is 10.5 Å². The first-order chi connectivity index (χ1) is 7.04. The molecular weight excluding hydrogens is 192 g/mol. The van der Waals surface area contributed by atoms with Crippen LogP contribution in [0, 0.1) is 0 Å². The van der Waals surface area contributed by atoms with Gasteiger partial charge >= 0.3 is 0 Å². The lowest BCUT2D eigenvalue weighted by molar-refractivity contribution is -0.127. The van der Waals surface area contributed by atoms with Crippen LogP contribution in [0.1, 0.15) is 5.56 Å². The van der Waals surface area contributed by atoms with E-state index in [1.807, 2.05) is 6.07 Å². The van der Waals surface area contributed by atoms with Gasteiger partial charge in [0, 0.05) is 31.4 Å². The minimum absolute atomic E-state index is 0.0399. The van der Waals surface area contributed by atoms with Gasteiger partial charge in [-0.15, -0.1) is 0 Å². The highest BCUT2D eigenvalue weighted by Crippen LogP contribution is 2.22. The van der Waals surface area contributed by atoms with Crippen molar-refractivity contribution in [1.82, 2.24) is 4.90 Å². The lowest BCUT2D eigenvalue weighted by Gasteiger charge is -2.12. The first-order valence-electron chi connectivity index (χ1n) is 4.67. The third kappa shape index (κ3) is 2.87. The van der Waals surface area contributed by atoms with E-state index in [1.54, 1.807) is 38.2 Å². The number of carbonyl (C=O) groups is 1. The molecule has 0 atom stereocenters. The van der Waals surface area contributed by atoms with Crippen molar-refractivity contribution < 1.29 is 9.53 Å². The summed E-state index contributed by atoms with van der Waals surface area (Å²) in [5.74, 6) is 0.697. The number of benzene rings is 1. The molecule has 15 heavy (non-hydrogen) atoms. The summed E-state index contributed by atoms with van der Waals surface area (Å²) in [4.78, 5) is 13.1. The van der Waals surface area contributed by atoms with E-state index in [4.69, 9.17) is 10.5 Å². The van der Waals surface area contributed by atoms with Crippen LogP contribution in [-0.2, 0) is 11.2 Å². The van der Waals surface area contributed by atoms with E-state index in [-0.39, 0.29) is 5.91 Å². The van der Waals surface area contributed by atoms with Gasteiger partial charge in [-0.25, -0.2) is 0 Å². The van der Waals surface area contributed by atoms with Gasteiger partial charge in [0.05, 0.1) is 13.5 Å². The van der Waals surface area contributed by atoms with Crippen molar-refractivity contribution in [3.8, 4) is 5.75 Å². The maximum Gasteiger partial charge on any atom is 0.226 e. The van der Waals surface area contributed by atoms with Gasteiger partial charge in [-0.3, -0.25) is 4.79 Å². The number of nitrogens with zero attached hydrogens (tertiary/aromatic N) is 1. The summed E-state index contributed by atoms with van der Waals surface area (Å²) >= 11 is 0. The zero-order chi connectivity index (χ0) is 11.4. The number of methoxy groups -OCH3 is 1. The van der Waals surface area contributed by atoms with E-state index in [0.29, 0.717) is 17.9 Å². The van der Waals surface area contributed by atoms with E-state index in [2.05, 4.69) is 0 Å². The predicted octanol–water partition coefficient (Wildman–Crippen LogP) is 0.908. The molecule has 2 N–H and O–H groups in total. The van der Waals surface area contributed by atoms with E-state index in [0.717, 1.165) is 5.56 Å².